The molecular weight excluding hydrogens is 420 g/mol. The zero-order valence-electron chi connectivity index (χ0n) is 19.1. The van der Waals surface area contributed by atoms with E-state index in [9.17, 15) is 4.79 Å². The Morgan fingerprint density at radius 2 is 1.55 bits per heavy atom. The highest BCUT2D eigenvalue weighted by Gasteiger charge is 2.26. The summed E-state index contributed by atoms with van der Waals surface area (Å²) in [5, 5.41) is 8.79. The Morgan fingerprint density at radius 3 is 2.18 bits per heavy atom. The maximum atomic E-state index is 12.8. The van der Waals surface area contributed by atoms with Gasteiger partial charge in [-0.05, 0) is 55.5 Å². The first-order valence-electron chi connectivity index (χ1n) is 10.9. The molecule has 0 bridgehead atoms. The van der Waals surface area contributed by atoms with E-state index in [1.165, 1.54) is 0 Å². The normalized spacial score (nSPS) is 14.5. The molecule has 1 aromatic heterocycles. The minimum Gasteiger partial charge on any atom is -0.497 e. The van der Waals surface area contributed by atoms with Crippen molar-refractivity contribution in [3.05, 3.63) is 60.7 Å². The van der Waals surface area contributed by atoms with Gasteiger partial charge in [0.1, 0.15) is 17.2 Å². The Kier molecular flexibility index (Phi) is 6.92. The van der Waals surface area contributed by atoms with Gasteiger partial charge in [0.15, 0.2) is 11.9 Å². The Hall–Kier alpha value is -3.81. The molecule has 0 aliphatic carbocycles. The number of anilines is 1. The van der Waals surface area contributed by atoms with E-state index in [0.717, 1.165) is 28.6 Å². The van der Waals surface area contributed by atoms with Crippen LogP contribution in [0.3, 0.4) is 0 Å². The van der Waals surface area contributed by atoms with Crippen LogP contribution < -0.4 is 19.1 Å². The van der Waals surface area contributed by atoms with Gasteiger partial charge in [0.2, 0.25) is 0 Å². The molecule has 0 radical (unpaired) electrons. The molecule has 1 saturated heterocycles. The van der Waals surface area contributed by atoms with E-state index >= 15 is 0 Å². The number of aromatic nitrogens is 2. The van der Waals surface area contributed by atoms with Gasteiger partial charge in [-0.3, -0.25) is 4.79 Å². The van der Waals surface area contributed by atoms with Gasteiger partial charge in [0.05, 0.1) is 19.9 Å². The van der Waals surface area contributed by atoms with Crippen LogP contribution in [0.5, 0.6) is 17.2 Å². The first kappa shape index (κ1) is 22.4. The topological polar surface area (TPSA) is 77.0 Å². The van der Waals surface area contributed by atoms with Crippen LogP contribution in [0.25, 0.3) is 11.3 Å². The highest BCUT2D eigenvalue weighted by molar-refractivity contribution is 5.81. The zero-order chi connectivity index (χ0) is 23.2. The van der Waals surface area contributed by atoms with Crippen LogP contribution in [0.15, 0.2) is 60.7 Å². The summed E-state index contributed by atoms with van der Waals surface area (Å²) < 4.78 is 16.3. The van der Waals surface area contributed by atoms with Crippen molar-refractivity contribution in [3.63, 3.8) is 0 Å². The number of nitrogens with zero attached hydrogens (tertiary/aromatic N) is 4. The molecule has 0 spiro atoms. The first-order chi connectivity index (χ1) is 16.1. The number of carbonyl (C=O) groups is 1. The van der Waals surface area contributed by atoms with Crippen molar-refractivity contribution in [3.8, 4) is 28.5 Å². The summed E-state index contributed by atoms with van der Waals surface area (Å²) in [6.07, 6.45) is -0.563. The summed E-state index contributed by atoms with van der Waals surface area (Å²) in [6.45, 7) is 4.37. The molecule has 1 atom stereocenters. The maximum absolute atomic E-state index is 12.8. The van der Waals surface area contributed by atoms with Crippen molar-refractivity contribution in [2.75, 3.05) is 45.3 Å². The molecule has 0 N–H and O–H groups in total. The van der Waals surface area contributed by atoms with Crippen LogP contribution in [0.2, 0.25) is 0 Å². The number of hydrogen-bond donors (Lipinski definition) is 0. The standard InChI is InChI=1S/C25H28N4O4/c1-18(33-21-9-7-20(31-2)8-10-21)25(30)29-15-13-28(14-16-29)24-12-11-23(26-27-24)19-5-4-6-22(17-19)32-3/h4-12,17-18H,13-16H2,1-3H3. The Morgan fingerprint density at radius 1 is 0.848 bits per heavy atom. The maximum Gasteiger partial charge on any atom is 0.263 e. The number of piperazine rings is 1. The molecule has 33 heavy (non-hydrogen) atoms. The fourth-order valence-electron chi connectivity index (χ4n) is 3.75. The van der Waals surface area contributed by atoms with E-state index in [1.807, 2.05) is 53.4 Å². The average molecular weight is 449 g/mol. The summed E-state index contributed by atoms with van der Waals surface area (Å²) in [5.74, 6) is 2.95. The van der Waals surface area contributed by atoms with Crippen molar-refractivity contribution in [2.45, 2.75) is 13.0 Å². The number of rotatable bonds is 7. The second-order valence-electron chi connectivity index (χ2n) is 7.76. The highest BCUT2D eigenvalue weighted by Crippen LogP contribution is 2.23. The molecule has 8 nitrogen and oxygen atoms in total. The van der Waals surface area contributed by atoms with Gasteiger partial charge < -0.3 is 24.0 Å². The molecule has 4 rings (SSSR count). The van der Waals surface area contributed by atoms with Crippen molar-refractivity contribution in [1.82, 2.24) is 15.1 Å². The number of amides is 1. The van der Waals surface area contributed by atoms with Crippen LogP contribution in [-0.2, 0) is 4.79 Å². The molecule has 8 heteroatoms. The predicted molar refractivity (Wildman–Crippen MR) is 126 cm³/mol. The average Bonchev–Trinajstić information content (AvgIpc) is 2.89. The van der Waals surface area contributed by atoms with Crippen LogP contribution in [0, 0.1) is 0 Å². The quantitative estimate of drug-likeness (QED) is 0.549. The van der Waals surface area contributed by atoms with E-state index in [-0.39, 0.29) is 5.91 Å². The second-order valence-corrected chi connectivity index (χ2v) is 7.76. The lowest BCUT2D eigenvalue weighted by Crippen LogP contribution is -2.52. The first-order valence-corrected chi connectivity index (χ1v) is 10.9. The Labute approximate surface area is 193 Å². The summed E-state index contributed by atoms with van der Waals surface area (Å²) in [6, 6.07) is 18.9. The number of carbonyl (C=O) groups excluding carboxylic acids is 1. The third kappa shape index (κ3) is 5.34. The van der Waals surface area contributed by atoms with Gasteiger partial charge in [-0.1, -0.05) is 12.1 Å². The monoisotopic (exact) mass is 448 g/mol. The van der Waals surface area contributed by atoms with Gasteiger partial charge in [0, 0.05) is 31.7 Å². The van der Waals surface area contributed by atoms with Gasteiger partial charge in [-0.25, -0.2) is 0 Å². The van der Waals surface area contributed by atoms with Crippen LogP contribution in [0.1, 0.15) is 6.92 Å². The molecule has 3 aromatic rings. The molecule has 1 amide bonds. The number of ether oxygens (including phenoxy) is 3. The van der Waals surface area contributed by atoms with Crippen molar-refractivity contribution < 1.29 is 19.0 Å². The van der Waals surface area contributed by atoms with E-state index in [4.69, 9.17) is 14.2 Å². The van der Waals surface area contributed by atoms with E-state index in [2.05, 4.69) is 15.1 Å². The Balaban J connectivity index is 1.31. The van der Waals surface area contributed by atoms with E-state index in [1.54, 1.807) is 33.3 Å². The molecular formula is C25H28N4O4. The fraction of sp³-hybridized carbons (Fsp3) is 0.320. The van der Waals surface area contributed by atoms with Crippen LogP contribution in [-0.4, -0.2) is 67.5 Å². The van der Waals surface area contributed by atoms with Crippen molar-refractivity contribution in [2.24, 2.45) is 0 Å². The second kappa shape index (κ2) is 10.2. The van der Waals surface area contributed by atoms with Crippen LogP contribution in [0.4, 0.5) is 5.82 Å². The molecule has 1 fully saturated rings. The minimum absolute atomic E-state index is 0.0232. The predicted octanol–water partition coefficient (Wildman–Crippen LogP) is 3.28. The van der Waals surface area contributed by atoms with Crippen molar-refractivity contribution >= 4 is 11.7 Å². The lowest BCUT2D eigenvalue weighted by Gasteiger charge is -2.36. The molecule has 1 aliphatic rings. The van der Waals surface area contributed by atoms with E-state index in [0.29, 0.717) is 31.9 Å². The summed E-state index contributed by atoms with van der Waals surface area (Å²) in [5.41, 5.74) is 1.74. The van der Waals surface area contributed by atoms with Gasteiger partial charge in [-0.2, -0.15) is 0 Å². The summed E-state index contributed by atoms with van der Waals surface area (Å²) in [4.78, 5) is 16.8. The highest BCUT2D eigenvalue weighted by atomic mass is 16.5. The summed E-state index contributed by atoms with van der Waals surface area (Å²) in [7, 11) is 3.26. The molecule has 0 saturated carbocycles. The lowest BCUT2D eigenvalue weighted by atomic mass is 10.1. The largest absolute Gasteiger partial charge is 0.497 e. The Bertz CT molecular complexity index is 1060. The zero-order valence-corrected chi connectivity index (χ0v) is 19.1. The number of methoxy groups -OCH3 is 2. The van der Waals surface area contributed by atoms with Crippen molar-refractivity contribution in [1.29, 1.82) is 0 Å². The lowest BCUT2D eigenvalue weighted by molar-refractivity contribution is -0.138. The van der Waals surface area contributed by atoms with Gasteiger partial charge in [-0.15, -0.1) is 10.2 Å². The number of hydrogen-bond acceptors (Lipinski definition) is 7. The fourth-order valence-corrected chi connectivity index (χ4v) is 3.75. The smallest absolute Gasteiger partial charge is 0.263 e. The molecule has 1 aliphatic heterocycles. The number of benzene rings is 2. The van der Waals surface area contributed by atoms with E-state index < -0.39 is 6.10 Å². The SMILES string of the molecule is COc1ccc(OC(C)C(=O)N2CCN(c3ccc(-c4cccc(OC)c4)nn3)CC2)cc1. The summed E-state index contributed by atoms with van der Waals surface area (Å²) >= 11 is 0. The third-order valence-electron chi connectivity index (χ3n) is 5.65. The molecule has 1 unspecified atom stereocenters. The minimum atomic E-state index is -0.563. The molecule has 2 aromatic carbocycles. The molecule has 172 valence electrons. The van der Waals surface area contributed by atoms with Gasteiger partial charge in [0.25, 0.3) is 5.91 Å². The molecule has 2 heterocycles. The van der Waals surface area contributed by atoms with Gasteiger partial charge >= 0.3 is 0 Å². The van der Waals surface area contributed by atoms with Crippen LogP contribution >= 0.6 is 0 Å². The third-order valence-corrected chi connectivity index (χ3v) is 5.65.